The molecule has 22 heavy (non-hydrogen) atoms. The maximum Gasteiger partial charge on any atom is 0.243 e. The summed E-state index contributed by atoms with van der Waals surface area (Å²) in [6.45, 7) is 1.60. The molecule has 0 saturated carbocycles. The number of morpholine rings is 1. The van der Waals surface area contributed by atoms with Gasteiger partial charge in [0, 0.05) is 26.2 Å². The number of sulfonamides is 2. The van der Waals surface area contributed by atoms with E-state index in [9.17, 15) is 16.8 Å². The molecule has 0 aromatic heterocycles. The highest BCUT2D eigenvalue weighted by Crippen LogP contribution is 2.19. The van der Waals surface area contributed by atoms with Crippen molar-refractivity contribution in [1.29, 1.82) is 0 Å². The summed E-state index contributed by atoms with van der Waals surface area (Å²) in [5.41, 5.74) is 5.26. The van der Waals surface area contributed by atoms with Gasteiger partial charge in [-0.15, -0.1) is 0 Å². The van der Waals surface area contributed by atoms with Crippen LogP contribution in [0.2, 0.25) is 0 Å². The second-order valence-electron chi connectivity index (χ2n) is 4.67. The monoisotopic (exact) mass is 349 g/mol. The number of ether oxygens (including phenoxy) is 1. The van der Waals surface area contributed by atoms with Gasteiger partial charge in [0.05, 0.1) is 23.0 Å². The topological polar surface area (TPSA) is 119 Å². The van der Waals surface area contributed by atoms with Gasteiger partial charge in [0.15, 0.2) is 0 Å². The minimum atomic E-state index is -3.67. The Labute approximate surface area is 130 Å². The summed E-state index contributed by atoms with van der Waals surface area (Å²) >= 11 is 0. The minimum Gasteiger partial charge on any atom is -0.379 e. The molecule has 124 valence electrons. The van der Waals surface area contributed by atoms with Gasteiger partial charge in [-0.05, 0) is 24.3 Å². The zero-order valence-electron chi connectivity index (χ0n) is 11.9. The second kappa shape index (κ2) is 7.02. The van der Waals surface area contributed by atoms with Crippen molar-refractivity contribution in [3.05, 3.63) is 24.3 Å². The predicted octanol–water partition coefficient (Wildman–Crippen LogP) is -1.06. The number of benzene rings is 1. The first-order valence-corrected chi connectivity index (χ1v) is 9.68. The SMILES string of the molecule is NCCNS(=O)(=O)c1ccc(S(=O)(=O)N2CCOCC2)cc1. The summed E-state index contributed by atoms with van der Waals surface area (Å²) in [4.78, 5) is 0.0639. The number of rotatable bonds is 6. The molecule has 10 heteroatoms. The molecule has 0 unspecified atom stereocenters. The van der Waals surface area contributed by atoms with Crippen molar-refractivity contribution in [3.8, 4) is 0 Å². The highest BCUT2D eigenvalue weighted by atomic mass is 32.2. The van der Waals surface area contributed by atoms with Crippen LogP contribution in [0.4, 0.5) is 0 Å². The van der Waals surface area contributed by atoms with Crippen molar-refractivity contribution in [2.24, 2.45) is 5.73 Å². The number of nitrogens with two attached hydrogens (primary N) is 1. The largest absolute Gasteiger partial charge is 0.379 e. The lowest BCUT2D eigenvalue weighted by molar-refractivity contribution is 0.0730. The average Bonchev–Trinajstić information content (AvgIpc) is 2.54. The van der Waals surface area contributed by atoms with Crippen LogP contribution in [0.3, 0.4) is 0 Å². The van der Waals surface area contributed by atoms with Gasteiger partial charge >= 0.3 is 0 Å². The number of hydrogen-bond donors (Lipinski definition) is 2. The zero-order chi connectivity index (χ0) is 16.2. The highest BCUT2D eigenvalue weighted by molar-refractivity contribution is 7.89. The Bertz CT molecular complexity index is 695. The van der Waals surface area contributed by atoms with E-state index in [2.05, 4.69) is 4.72 Å². The van der Waals surface area contributed by atoms with E-state index in [1.54, 1.807) is 0 Å². The van der Waals surface area contributed by atoms with Gasteiger partial charge in [-0.2, -0.15) is 4.31 Å². The molecule has 1 aromatic rings. The second-order valence-corrected chi connectivity index (χ2v) is 8.38. The lowest BCUT2D eigenvalue weighted by atomic mass is 10.4. The van der Waals surface area contributed by atoms with Crippen LogP contribution < -0.4 is 10.5 Å². The van der Waals surface area contributed by atoms with Gasteiger partial charge in [0.1, 0.15) is 0 Å². The Kier molecular flexibility index (Phi) is 5.53. The summed E-state index contributed by atoms with van der Waals surface area (Å²) in [5, 5.41) is 0. The molecule has 3 N–H and O–H groups in total. The fourth-order valence-electron chi connectivity index (χ4n) is 2.00. The van der Waals surface area contributed by atoms with E-state index in [4.69, 9.17) is 10.5 Å². The van der Waals surface area contributed by atoms with E-state index in [0.717, 1.165) is 0 Å². The van der Waals surface area contributed by atoms with E-state index < -0.39 is 20.0 Å². The summed E-state index contributed by atoms with van der Waals surface area (Å²) in [6.07, 6.45) is 0. The van der Waals surface area contributed by atoms with Crippen molar-refractivity contribution in [2.45, 2.75) is 9.79 Å². The van der Waals surface area contributed by atoms with Crippen LogP contribution in [0.5, 0.6) is 0 Å². The molecule has 0 atom stereocenters. The Morgan fingerprint density at radius 3 is 2.14 bits per heavy atom. The summed E-state index contributed by atoms with van der Waals surface area (Å²) < 4.78 is 57.4. The summed E-state index contributed by atoms with van der Waals surface area (Å²) in [7, 11) is -7.29. The third kappa shape index (κ3) is 3.83. The molecule has 1 fully saturated rings. The van der Waals surface area contributed by atoms with Crippen molar-refractivity contribution in [1.82, 2.24) is 9.03 Å². The third-order valence-corrected chi connectivity index (χ3v) is 6.57. The zero-order valence-corrected chi connectivity index (χ0v) is 13.6. The molecule has 1 saturated heterocycles. The van der Waals surface area contributed by atoms with Gasteiger partial charge in [0.2, 0.25) is 20.0 Å². The summed E-state index contributed by atoms with van der Waals surface area (Å²) in [5.74, 6) is 0. The first kappa shape index (κ1) is 17.3. The lowest BCUT2D eigenvalue weighted by Crippen LogP contribution is -2.40. The molecule has 1 aromatic carbocycles. The standard InChI is InChI=1S/C12H19N3O5S2/c13-5-6-14-21(16,17)11-1-3-12(4-2-11)22(18,19)15-7-9-20-10-8-15/h1-4,14H,5-10,13H2. The van der Waals surface area contributed by atoms with Crippen molar-refractivity contribution >= 4 is 20.0 Å². The third-order valence-electron chi connectivity index (χ3n) is 3.18. The Balaban J connectivity index is 2.21. The van der Waals surface area contributed by atoms with Crippen LogP contribution >= 0.6 is 0 Å². The fourth-order valence-corrected chi connectivity index (χ4v) is 4.46. The number of nitrogens with one attached hydrogen (secondary N) is 1. The van der Waals surface area contributed by atoms with Crippen LogP contribution in [0.1, 0.15) is 0 Å². The van der Waals surface area contributed by atoms with E-state index in [-0.39, 0.29) is 22.9 Å². The van der Waals surface area contributed by atoms with Crippen LogP contribution in [0.25, 0.3) is 0 Å². The first-order chi connectivity index (χ1) is 10.4. The molecular weight excluding hydrogens is 330 g/mol. The maximum atomic E-state index is 12.4. The Morgan fingerprint density at radius 1 is 1.05 bits per heavy atom. The quantitative estimate of drug-likeness (QED) is 0.676. The van der Waals surface area contributed by atoms with Gasteiger partial charge in [-0.25, -0.2) is 21.6 Å². The molecule has 1 aliphatic rings. The Morgan fingerprint density at radius 2 is 1.59 bits per heavy atom. The summed E-state index contributed by atoms with van der Waals surface area (Å²) in [6, 6.07) is 5.13. The maximum absolute atomic E-state index is 12.4. The lowest BCUT2D eigenvalue weighted by Gasteiger charge is -2.26. The van der Waals surface area contributed by atoms with Crippen LogP contribution in [-0.4, -0.2) is 60.5 Å². The van der Waals surface area contributed by atoms with Crippen molar-refractivity contribution < 1.29 is 21.6 Å². The number of hydrogen-bond acceptors (Lipinski definition) is 6. The Hall–Kier alpha value is -1.04. The normalized spacial score (nSPS) is 17.5. The number of nitrogens with zero attached hydrogens (tertiary/aromatic N) is 1. The smallest absolute Gasteiger partial charge is 0.243 e. The van der Waals surface area contributed by atoms with Gasteiger partial charge in [-0.3, -0.25) is 0 Å². The molecule has 2 rings (SSSR count). The van der Waals surface area contributed by atoms with E-state index in [1.807, 2.05) is 0 Å². The molecule has 0 aliphatic carbocycles. The van der Waals surface area contributed by atoms with E-state index >= 15 is 0 Å². The van der Waals surface area contributed by atoms with E-state index in [0.29, 0.717) is 26.3 Å². The molecule has 0 bridgehead atoms. The molecule has 0 spiro atoms. The molecule has 1 aliphatic heterocycles. The highest BCUT2D eigenvalue weighted by Gasteiger charge is 2.26. The molecule has 0 radical (unpaired) electrons. The van der Waals surface area contributed by atoms with Gasteiger partial charge in [0.25, 0.3) is 0 Å². The van der Waals surface area contributed by atoms with Crippen LogP contribution in [0.15, 0.2) is 34.1 Å². The van der Waals surface area contributed by atoms with Crippen molar-refractivity contribution in [2.75, 3.05) is 39.4 Å². The molecule has 8 nitrogen and oxygen atoms in total. The predicted molar refractivity (Wildman–Crippen MR) is 80.3 cm³/mol. The molecule has 1 heterocycles. The van der Waals surface area contributed by atoms with Crippen molar-refractivity contribution in [3.63, 3.8) is 0 Å². The van der Waals surface area contributed by atoms with Crippen LogP contribution in [0, 0.1) is 0 Å². The fraction of sp³-hybridized carbons (Fsp3) is 0.500. The average molecular weight is 349 g/mol. The van der Waals surface area contributed by atoms with E-state index in [1.165, 1.54) is 28.6 Å². The molecule has 0 amide bonds. The van der Waals surface area contributed by atoms with Gasteiger partial charge in [-0.1, -0.05) is 0 Å². The van der Waals surface area contributed by atoms with Gasteiger partial charge < -0.3 is 10.5 Å². The first-order valence-electron chi connectivity index (χ1n) is 6.75. The molecular formula is C12H19N3O5S2. The van der Waals surface area contributed by atoms with Crippen LogP contribution in [-0.2, 0) is 24.8 Å². The minimum absolute atomic E-state index is 0.00174.